The molecule has 1 aromatic rings. The van der Waals surface area contributed by atoms with E-state index in [9.17, 15) is 8.42 Å². The van der Waals surface area contributed by atoms with Gasteiger partial charge in [0.25, 0.3) is 0 Å². The van der Waals surface area contributed by atoms with Gasteiger partial charge >= 0.3 is 58.2 Å². The van der Waals surface area contributed by atoms with Gasteiger partial charge in [-0.3, -0.25) is 0 Å². The van der Waals surface area contributed by atoms with Crippen LogP contribution >= 0.6 is 0 Å². The molecule has 1 aliphatic rings. The number of nitrogens with zero attached hydrogens (tertiary/aromatic N) is 1. The molecule has 0 bridgehead atoms. The third-order valence-corrected chi connectivity index (χ3v) is 2.99. The van der Waals surface area contributed by atoms with Gasteiger partial charge in [-0.15, -0.1) is 0 Å². The third kappa shape index (κ3) is 2.67. The Morgan fingerprint density at radius 1 is 1.21 bits per heavy atom. The zero-order valence-corrected chi connectivity index (χ0v) is 13.8. The molecule has 0 atom stereocenters. The maximum atomic E-state index is 10.8. The Balaban J connectivity index is 0.000000980. The minimum Gasteiger partial charge on any atom is -0.406 e. The van der Waals surface area contributed by atoms with E-state index in [1.165, 1.54) is 4.31 Å². The van der Waals surface area contributed by atoms with Crippen LogP contribution in [0.1, 0.15) is 12.0 Å². The summed E-state index contributed by atoms with van der Waals surface area (Å²) in [6.07, 6.45) is 1.88. The fourth-order valence-corrected chi connectivity index (χ4v) is 2.27. The van der Waals surface area contributed by atoms with Gasteiger partial charge in [0.05, 0.1) is 0 Å². The summed E-state index contributed by atoms with van der Waals surface area (Å²) in [4.78, 5) is 0. The fourth-order valence-electron chi connectivity index (χ4n) is 1.65. The second-order valence-electron chi connectivity index (χ2n) is 3.05. The molecule has 0 aromatic heterocycles. The van der Waals surface area contributed by atoms with Crippen molar-refractivity contribution >= 4 is 16.6 Å². The Bertz CT molecular complexity index is 384. The van der Waals surface area contributed by atoms with Gasteiger partial charge in [0.2, 0.25) is 0 Å². The monoisotopic (exact) mass is 281 g/mol. The van der Waals surface area contributed by atoms with E-state index in [0.29, 0.717) is 6.54 Å². The van der Waals surface area contributed by atoms with E-state index in [1.54, 1.807) is 0 Å². The summed E-state index contributed by atoms with van der Waals surface area (Å²) >= 11 is 0. The van der Waals surface area contributed by atoms with Crippen LogP contribution in [0.3, 0.4) is 0 Å². The molecule has 1 aromatic carbocycles. The van der Waals surface area contributed by atoms with Gasteiger partial charge in [-0.2, -0.15) is 0 Å². The van der Waals surface area contributed by atoms with Gasteiger partial charge in [-0.05, 0) is 24.5 Å². The molecule has 2 rings (SSSR count). The summed E-state index contributed by atoms with van der Waals surface area (Å²) in [5.74, 6) is 0. The van der Waals surface area contributed by atoms with E-state index in [4.69, 9.17) is 0 Å². The second-order valence-corrected chi connectivity index (χ2v) is 3.93. The molecule has 0 amide bonds. The Kier molecular flexibility index (Phi) is 5.27. The molecule has 0 saturated heterocycles. The zero-order valence-electron chi connectivity index (χ0n) is 8.10. The van der Waals surface area contributed by atoms with Gasteiger partial charge in [0, 0.05) is 23.1 Å². The Morgan fingerprint density at radius 3 is 2.64 bits per heavy atom. The molecular weight excluding hydrogens is 272 g/mol. The van der Waals surface area contributed by atoms with E-state index >= 15 is 0 Å². The van der Waals surface area contributed by atoms with E-state index in [2.05, 4.69) is 0 Å². The van der Waals surface area contributed by atoms with Crippen molar-refractivity contribution in [1.29, 1.82) is 0 Å². The molecule has 0 N–H and O–H groups in total. The molecule has 0 aliphatic carbocycles. The average molecular weight is 282 g/mol. The van der Waals surface area contributed by atoms with E-state index in [0.717, 1.165) is 24.1 Å². The first kappa shape index (κ1) is 12.8. The number of anilines is 1. The first-order valence-electron chi connectivity index (χ1n) is 4.24. The smallest absolute Gasteiger partial charge is 0.406 e. The summed E-state index contributed by atoms with van der Waals surface area (Å²) in [5, 5.41) is 0. The molecule has 70 valence electrons. The van der Waals surface area contributed by atoms with Crippen molar-refractivity contribution in [1.82, 2.24) is 0 Å². The topological polar surface area (TPSA) is 37.4 Å². The third-order valence-electron chi connectivity index (χ3n) is 2.25. The number of hydrogen-bond donors (Lipinski definition) is 0. The van der Waals surface area contributed by atoms with Crippen LogP contribution in [0.25, 0.3) is 0 Å². The average Bonchev–Trinajstić information content (AvgIpc) is 2.17. The van der Waals surface area contributed by atoms with Crippen LogP contribution in [0.15, 0.2) is 24.3 Å². The fraction of sp³-hybridized carbons (Fsp3) is 0.333. The number of fused-ring (bicyclic) bond motifs is 1. The van der Waals surface area contributed by atoms with Gasteiger partial charge in [0.1, 0.15) is 0 Å². The van der Waals surface area contributed by atoms with Crippen molar-refractivity contribution in [2.75, 3.05) is 10.8 Å². The van der Waals surface area contributed by atoms with Crippen LogP contribution in [0.5, 0.6) is 0 Å². The minimum absolute atomic E-state index is 0. The molecule has 14 heavy (non-hydrogen) atoms. The van der Waals surface area contributed by atoms with Crippen LogP contribution in [-0.4, -0.2) is 6.54 Å². The van der Waals surface area contributed by atoms with E-state index < -0.39 is 10.9 Å². The molecule has 0 radical (unpaired) electrons. The van der Waals surface area contributed by atoms with Gasteiger partial charge in [-0.25, -0.2) is 0 Å². The Labute approximate surface area is 134 Å². The quantitative estimate of drug-likeness (QED) is 0.598. The predicted molar refractivity (Wildman–Crippen MR) is 50.8 cm³/mol. The van der Waals surface area contributed by atoms with Crippen LogP contribution in [0.2, 0.25) is 0 Å². The maximum absolute atomic E-state index is 10.8. The zero-order chi connectivity index (χ0) is 9.26. The largest absolute Gasteiger partial charge is 1.00 e. The minimum atomic E-state index is -2.13. The summed E-state index contributed by atoms with van der Waals surface area (Å²) in [7, 11) is -2.13. The molecular formula is C9H10NO2RbS. The maximum Gasteiger partial charge on any atom is 1.00 e. The summed E-state index contributed by atoms with van der Waals surface area (Å²) in [5.41, 5.74) is 1.96. The number of hydrogen-bond acceptors (Lipinski definition) is 3. The number of para-hydroxylation sites is 1. The normalized spacial score (nSPS) is 14.8. The molecule has 0 unspecified atom stereocenters. The Morgan fingerprint density at radius 2 is 1.93 bits per heavy atom. The molecule has 3 nitrogen and oxygen atoms in total. The van der Waals surface area contributed by atoms with Crippen LogP contribution in [0.4, 0.5) is 5.69 Å². The van der Waals surface area contributed by atoms with E-state index in [-0.39, 0.29) is 58.2 Å². The molecule has 0 fully saturated rings. The van der Waals surface area contributed by atoms with Crippen LogP contribution < -0.4 is 62.5 Å². The van der Waals surface area contributed by atoms with Crippen molar-refractivity contribution in [2.45, 2.75) is 12.8 Å². The van der Waals surface area contributed by atoms with Gasteiger partial charge in [0.15, 0.2) is 0 Å². The molecule has 1 heterocycles. The number of benzene rings is 1. The molecule has 5 heteroatoms. The van der Waals surface area contributed by atoms with Crippen LogP contribution in [-0.2, 0) is 25.7 Å². The number of aryl methyl sites for hydroxylation is 1. The summed E-state index contributed by atoms with van der Waals surface area (Å²) in [6, 6.07) is 7.64. The van der Waals surface area contributed by atoms with Crippen molar-refractivity contribution in [3.05, 3.63) is 29.8 Å². The number of rotatable bonds is 1. The van der Waals surface area contributed by atoms with Crippen molar-refractivity contribution < 1.29 is 66.6 Å². The van der Waals surface area contributed by atoms with Gasteiger partial charge < -0.3 is 12.7 Å². The summed E-state index contributed by atoms with van der Waals surface area (Å²) in [6.45, 7) is 0.604. The SMILES string of the molecule is O=[S-](=O)N1CCCc2ccccc21.[Rb+]. The van der Waals surface area contributed by atoms with Crippen molar-refractivity contribution in [3.8, 4) is 0 Å². The summed E-state index contributed by atoms with van der Waals surface area (Å²) < 4.78 is 23.1. The molecule has 0 saturated carbocycles. The first-order chi connectivity index (χ1) is 6.29. The molecule has 0 spiro atoms. The van der Waals surface area contributed by atoms with E-state index in [1.807, 2.05) is 24.3 Å². The van der Waals surface area contributed by atoms with Gasteiger partial charge in [-0.1, -0.05) is 18.2 Å². The van der Waals surface area contributed by atoms with Crippen LogP contribution in [0, 0.1) is 0 Å². The predicted octanol–water partition coefficient (Wildman–Crippen LogP) is -1.33. The second kappa shape index (κ2) is 5.75. The Hall–Kier alpha value is 0.775. The van der Waals surface area contributed by atoms with Crippen molar-refractivity contribution in [3.63, 3.8) is 0 Å². The first-order valence-corrected chi connectivity index (χ1v) is 5.27. The molecule has 1 aliphatic heterocycles. The standard InChI is InChI=1S/C9H10NO2S.Rb/c11-13(12)10-7-3-5-8-4-1-2-6-9(8)10;/h1-2,4,6H,3,5,7H2;/q-1;+1. The van der Waals surface area contributed by atoms with Crippen molar-refractivity contribution in [2.24, 2.45) is 0 Å².